The van der Waals surface area contributed by atoms with Crippen LogP contribution in [-0.2, 0) is 16.0 Å². The maximum Gasteiger partial charge on any atom is 0.338 e. The third kappa shape index (κ3) is 3.63. The van der Waals surface area contributed by atoms with Crippen molar-refractivity contribution in [3.8, 4) is 5.75 Å². The van der Waals surface area contributed by atoms with E-state index in [0.29, 0.717) is 6.54 Å². The van der Waals surface area contributed by atoms with Gasteiger partial charge in [-0.25, -0.2) is 9.18 Å². The number of para-hydroxylation sites is 1. The average molecular weight is 343 g/mol. The molecule has 0 aromatic heterocycles. The predicted octanol–water partition coefficient (Wildman–Crippen LogP) is 2.97. The second-order valence-electron chi connectivity index (χ2n) is 5.70. The third-order valence-electron chi connectivity index (χ3n) is 4.13. The van der Waals surface area contributed by atoms with Crippen LogP contribution in [0.4, 0.5) is 10.1 Å². The van der Waals surface area contributed by atoms with Gasteiger partial charge in [-0.3, -0.25) is 4.79 Å². The normalized spacial score (nSPS) is 13.1. The van der Waals surface area contributed by atoms with Gasteiger partial charge in [0.1, 0.15) is 0 Å². The number of methoxy groups -OCH3 is 1. The number of esters is 1. The lowest BCUT2D eigenvalue weighted by atomic mass is 10.0. The Morgan fingerprint density at radius 3 is 2.76 bits per heavy atom. The minimum absolute atomic E-state index is 0.0325. The van der Waals surface area contributed by atoms with Crippen molar-refractivity contribution in [2.45, 2.75) is 12.8 Å². The van der Waals surface area contributed by atoms with Crippen molar-refractivity contribution in [3.63, 3.8) is 0 Å². The van der Waals surface area contributed by atoms with Crippen molar-refractivity contribution in [1.29, 1.82) is 0 Å². The molecule has 130 valence electrons. The molecule has 0 N–H and O–H groups in total. The molecule has 2 aromatic rings. The minimum Gasteiger partial charge on any atom is -0.494 e. The highest BCUT2D eigenvalue weighted by atomic mass is 19.1. The van der Waals surface area contributed by atoms with Crippen molar-refractivity contribution in [1.82, 2.24) is 0 Å². The number of carbonyl (C=O) groups excluding carboxylic acids is 2. The van der Waals surface area contributed by atoms with Crippen molar-refractivity contribution < 1.29 is 23.5 Å². The molecule has 0 saturated carbocycles. The van der Waals surface area contributed by atoms with E-state index in [0.717, 1.165) is 30.2 Å². The van der Waals surface area contributed by atoms with Gasteiger partial charge in [0, 0.05) is 12.2 Å². The highest BCUT2D eigenvalue weighted by Gasteiger charge is 2.23. The topological polar surface area (TPSA) is 55.8 Å². The Bertz CT molecular complexity index is 806. The highest BCUT2D eigenvalue weighted by molar-refractivity contribution is 5.98. The molecule has 0 fully saturated rings. The lowest BCUT2D eigenvalue weighted by Crippen LogP contribution is -2.38. The molecule has 1 aliphatic rings. The zero-order valence-corrected chi connectivity index (χ0v) is 13.8. The third-order valence-corrected chi connectivity index (χ3v) is 4.13. The Balaban J connectivity index is 1.65. The largest absolute Gasteiger partial charge is 0.494 e. The second-order valence-corrected chi connectivity index (χ2v) is 5.70. The molecule has 0 aliphatic carbocycles. The van der Waals surface area contributed by atoms with E-state index in [1.54, 1.807) is 4.90 Å². The molecule has 3 rings (SSSR count). The van der Waals surface area contributed by atoms with Crippen LogP contribution in [0.1, 0.15) is 22.3 Å². The lowest BCUT2D eigenvalue weighted by Gasteiger charge is -2.29. The minimum atomic E-state index is -0.750. The quantitative estimate of drug-likeness (QED) is 0.801. The fourth-order valence-corrected chi connectivity index (χ4v) is 2.87. The molecule has 1 aliphatic heterocycles. The molecule has 2 aromatic carbocycles. The summed E-state index contributed by atoms with van der Waals surface area (Å²) in [6, 6.07) is 11.4. The monoisotopic (exact) mass is 343 g/mol. The SMILES string of the molecule is COc1ccc(C(=O)OCC(=O)N2CCCc3ccccc32)cc1F. The van der Waals surface area contributed by atoms with Crippen LogP contribution in [0.3, 0.4) is 0 Å². The molecule has 0 bridgehead atoms. The first-order valence-electron chi connectivity index (χ1n) is 7.99. The van der Waals surface area contributed by atoms with Crippen molar-refractivity contribution in [2.75, 3.05) is 25.2 Å². The van der Waals surface area contributed by atoms with Crippen LogP contribution in [0.2, 0.25) is 0 Å². The molecule has 0 atom stereocenters. The zero-order chi connectivity index (χ0) is 17.8. The van der Waals surface area contributed by atoms with Gasteiger partial charge in [0.15, 0.2) is 18.2 Å². The number of rotatable bonds is 4. The van der Waals surface area contributed by atoms with Gasteiger partial charge in [-0.05, 0) is 42.7 Å². The van der Waals surface area contributed by atoms with Crippen molar-refractivity contribution in [2.24, 2.45) is 0 Å². The molecule has 6 heteroatoms. The zero-order valence-electron chi connectivity index (χ0n) is 13.8. The first-order chi connectivity index (χ1) is 12.1. The Morgan fingerprint density at radius 2 is 2.00 bits per heavy atom. The number of aryl methyl sites for hydroxylation is 1. The van der Waals surface area contributed by atoms with E-state index in [2.05, 4.69) is 0 Å². The Hall–Kier alpha value is -2.89. The van der Waals surface area contributed by atoms with E-state index >= 15 is 0 Å². The Morgan fingerprint density at radius 1 is 1.20 bits per heavy atom. The number of hydrogen-bond donors (Lipinski definition) is 0. The first kappa shape index (κ1) is 17.0. The summed E-state index contributed by atoms with van der Waals surface area (Å²) < 4.78 is 23.5. The summed E-state index contributed by atoms with van der Waals surface area (Å²) in [4.78, 5) is 26.1. The number of benzene rings is 2. The highest BCUT2D eigenvalue weighted by Crippen LogP contribution is 2.26. The number of hydrogen-bond acceptors (Lipinski definition) is 4. The van der Waals surface area contributed by atoms with Gasteiger partial charge in [-0.2, -0.15) is 0 Å². The summed E-state index contributed by atoms with van der Waals surface area (Å²) in [6.07, 6.45) is 1.78. The summed E-state index contributed by atoms with van der Waals surface area (Å²) in [5.74, 6) is -1.67. The van der Waals surface area contributed by atoms with Gasteiger partial charge in [-0.1, -0.05) is 18.2 Å². The van der Waals surface area contributed by atoms with Gasteiger partial charge in [0.25, 0.3) is 5.91 Å². The van der Waals surface area contributed by atoms with Gasteiger partial charge >= 0.3 is 5.97 Å². The van der Waals surface area contributed by atoms with Gasteiger partial charge in [-0.15, -0.1) is 0 Å². The smallest absolute Gasteiger partial charge is 0.338 e. The summed E-state index contributed by atoms with van der Waals surface area (Å²) in [5.41, 5.74) is 1.99. The molecular weight excluding hydrogens is 325 g/mol. The van der Waals surface area contributed by atoms with Crippen molar-refractivity contribution >= 4 is 17.6 Å². The van der Waals surface area contributed by atoms with E-state index in [-0.39, 0.29) is 23.8 Å². The number of halogens is 1. The van der Waals surface area contributed by atoms with Crippen LogP contribution in [0.15, 0.2) is 42.5 Å². The maximum atomic E-state index is 13.7. The second kappa shape index (κ2) is 7.34. The molecular formula is C19H18FNO4. The summed E-state index contributed by atoms with van der Waals surface area (Å²) in [7, 11) is 1.34. The van der Waals surface area contributed by atoms with Crippen molar-refractivity contribution in [3.05, 3.63) is 59.4 Å². The number of anilines is 1. The van der Waals surface area contributed by atoms with Crippen LogP contribution < -0.4 is 9.64 Å². The number of carbonyl (C=O) groups is 2. The molecule has 0 unspecified atom stereocenters. The number of nitrogens with zero attached hydrogens (tertiary/aromatic N) is 1. The Labute approximate surface area is 145 Å². The first-order valence-corrected chi connectivity index (χ1v) is 7.99. The van der Waals surface area contributed by atoms with E-state index < -0.39 is 11.8 Å². The molecule has 5 nitrogen and oxygen atoms in total. The van der Waals surface area contributed by atoms with Gasteiger partial charge < -0.3 is 14.4 Å². The Kier molecular flexibility index (Phi) is 4.97. The van der Waals surface area contributed by atoms with Crippen LogP contribution in [0.25, 0.3) is 0 Å². The fraction of sp³-hybridized carbons (Fsp3) is 0.263. The predicted molar refractivity (Wildman–Crippen MR) is 90.4 cm³/mol. The van der Waals surface area contributed by atoms with Crippen LogP contribution in [0.5, 0.6) is 5.75 Å². The van der Waals surface area contributed by atoms with Crippen LogP contribution >= 0.6 is 0 Å². The van der Waals surface area contributed by atoms with E-state index in [9.17, 15) is 14.0 Å². The number of fused-ring (bicyclic) bond motifs is 1. The number of ether oxygens (including phenoxy) is 2. The summed E-state index contributed by atoms with van der Waals surface area (Å²) >= 11 is 0. The lowest BCUT2D eigenvalue weighted by molar-refractivity contribution is -0.121. The maximum absolute atomic E-state index is 13.7. The van der Waals surface area contributed by atoms with Crippen LogP contribution in [0, 0.1) is 5.82 Å². The molecule has 1 heterocycles. The average Bonchev–Trinajstić information content (AvgIpc) is 2.65. The molecule has 0 radical (unpaired) electrons. The van der Waals surface area contributed by atoms with Gasteiger partial charge in [0.2, 0.25) is 0 Å². The summed E-state index contributed by atoms with van der Waals surface area (Å²) in [5, 5.41) is 0. The molecule has 0 spiro atoms. The molecule has 0 saturated heterocycles. The van der Waals surface area contributed by atoms with Gasteiger partial charge in [0.05, 0.1) is 12.7 Å². The van der Waals surface area contributed by atoms with E-state index in [1.807, 2.05) is 24.3 Å². The van der Waals surface area contributed by atoms with E-state index in [4.69, 9.17) is 9.47 Å². The fourth-order valence-electron chi connectivity index (χ4n) is 2.87. The molecule has 1 amide bonds. The van der Waals surface area contributed by atoms with Crippen LogP contribution in [-0.4, -0.2) is 32.1 Å². The molecule has 25 heavy (non-hydrogen) atoms. The summed E-state index contributed by atoms with van der Waals surface area (Å²) in [6.45, 7) is 0.200. The van der Waals surface area contributed by atoms with E-state index in [1.165, 1.54) is 19.2 Å². The standard InChI is InChI=1S/C19H18FNO4/c1-24-17-9-8-14(11-15(17)20)19(23)25-12-18(22)21-10-4-6-13-5-2-3-7-16(13)21/h2-3,5,7-9,11H,4,6,10,12H2,1H3. The number of amides is 1.